The second kappa shape index (κ2) is 30.4. The molecule has 7 amide bonds. The molecule has 0 bridgehead atoms. The third-order valence-corrected chi connectivity index (χ3v) is 21.1. The first-order chi connectivity index (χ1) is 40.4. The van der Waals surface area contributed by atoms with Crippen LogP contribution in [0.1, 0.15) is 118 Å². The van der Waals surface area contributed by atoms with Crippen LogP contribution in [-0.4, -0.2) is 154 Å². The van der Waals surface area contributed by atoms with Gasteiger partial charge >= 0.3 is 12.1 Å². The van der Waals surface area contributed by atoms with Gasteiger partial charge in [-0.25, -0.2) is 9.59 Å². The van der Waals surface area contributed by atoms with Gasteiger partial charge in [-0.2, -0.15) is 0 Å². The molecular weight excluding hydrogens is 1110 g/mol. The minimum absolute atomic E-state index is 0.0362. The van der Waals surface area contributed by atoms with E-state index in [9.17, 15) is 33.6 Å². The number of amides is 7. The number of hydrogen-bond donors (Lipinski definition) is 6. The Morgan fingerprint density at radius 1 is 0.674 bits per heavy atom. The molecule has 470 valence electrons. The lowest BCUT2D eigenvalue weighted by molar-refractivity contribution is -0.147. The molecule has 1 saturated heterocycles. The summed E-state index contributed by atoms with van der Waals surface area (Å²) in [6.07, 6.45) is 2.31. The molecule has 1 aliphatic carbocycles. The molecule has 0 unspecified atom stereocenters. The topological polar surface area (TPSA) is 258 Å². The van der Waals surface area contributed by atoms with Gasteiger partial charge in [-0.3, -0.25) is 28.8 Å². The van der Waals surface area contributed by atoms with Crippen LogP contribution in [0.4, 0.5) is 4.79 Å². The number of rotatable bonds is 30. The Hall–Kier alpha value is -7.20. The van der Waals surface area contributed by atoms with Gasteiger partial charge in [-0.15, -0.1) is 13.2 Å². The highest BCUT2D eigenvalue weighted by Crippen LogP contribution is 2.44. The SMILES string of the molecule is C=CC(C)(C)OC[C@H](NC(=O)[C@@H](NC(=O)[C@@H](CO[Si](C)(C)C(C)(C)C)NC(=O)[C@@H](Cc1ccccc1)NC(=O)[C@@H]1CCCN1C(=O)[C@H](C)NC(=O)OCC1c2ccccc2-c2ccccc21)[C@@H](C)OC(C)(C)C=C)C(=O)N[C@H](C(=O)OC)[C@@H](C)CC. The lowest BCUT2D eigenvalue weighted by Gasteiger charge is -2.38. The molecule has 86 heavy (non-hydrogen) atoms. The van der Waals surface area contributed by atoms with Crippen molar-refractivity contribution in [1.29, 1.82) is 0 Å². The number of benzene rings is 3. The van der Waals surface area contributed by atoms with Crippen molar-refractivity contribution in [3.63, 3.8) is 0 Å². The van der Waals surface area contributed by atoms with Crippen LogP contribution in [0.15, 0.2) is 104 Å². The summed E-state index contributed by atoms with van der Waals surface area (Å²) < 4.78 is 29.7. The van der Waals surface area contributed by atoms with Gasteiger partial charge in [0, 0.05) is 18.9 Å². The number of esters is 1. The van der Waals surface area contributed by atoms with Crippen molar-refractivity contribution in [2.45, 2.75) is 185 Å². The summed E-state index contributed by atoms with van der Waals surface area (Å²) in [4.78, 5) is 115. The quantitative estimate of drug-likeness (QED) is 0.0220. The van der Waals surface area contributed by atoms with Crippen LogP contribution in [-0.2, 0) is 63.4 Å². The molecule has 20 nitrogen and oxygen atoms in total. The van der Waals surface area contributed by atoms with Crippen molar-refractivity contribution in [3.8, 4) is 11.1 Å². The maximum atomic E-state index is 15.1. The van der Waals surface area contributed by atoms with Crippen LogP contribution < -0.4 is 31.9 Å². The molecule has 0 spiro atoms. The summed E-state index contributed by atoms with van der Waals surface area (Å²) in [5.74, 6) is -5.71. The Morgan fingerprint density at radius 2 is 1.21 bits per heavy atom. The van der Waals surface area contributed by atoms with E-state index in [0.29, 0.717) is 18.4 Å². The van der Waals surface area contributed by atoms with E-state index in [1.165, 1.54) is 31.1 Å². The number of likely N-dealkylation sites (tertiary alicyclic amines) is 1. The molecule has 0 aromatic heterocycles. The number of hydrogen-bond acceptors (Lipinski definition) is 13. The van der Waals surface area contributed by atoms with Gasteiger partial charge in [0.05, 0.1) is 37.6 Å². The van der Waals surface area contributed by atoms with Crippen molar-refractivity contribution in [1.82, 2.24) is 36.8 Å². The first-order valence-corrected chi connectivity index (χ1v) is 32.6. The summed E-state index contributed by atoms with van der Waals surface area (Å²) in [7, 11) is -1.47. The van der Waals surface area contributed by atoms with E-state index in [4.69, 9.17) is 23.4 Å². The number of carbonyl (C=O) groups is 8. The summed E-state index contributed by atoms with van der Waals surface area (Å²) in [6.45, 7) is 30.7. The molecule has 1 fully saturated rings. The number of fused-ring (bicyclic) bond motifs is 3. The molecule has 2 aliphatic rings. The Labute approximate surface area is 509 Å². The van der Waals surface area contributed by atoms with Crippen LogP contribution in [0.25, 0.3) is 11.1 Å². The molecule has 1 heterocycles. The molecule has 6 N–H and O–H groups in total. The molecule has 5 rings (SSSR count). The lowest BCUT2D eigenvalue weighted by atomic mass is 9.98. The number of nitrogens with zero attached hydrogens (tertiary/aromatic N) is 1. The predicted molar refractivity (Wildman–Crippen MR) is 332 cm³/mol. The molecule has 21 heteroatoms. The molecular formula is C65H93N7O13Si. The van der Waals surface area contributed by atoms with Crippen LogP contribution in [0.3, 0.4) is 0 Å². The van der Waals surface area contributed by atoms with Gasteiger partial charge in [-0.1, -0.05) is 132 Å². The zero-order valence-corrected chi connectivity index (χ0v) is 53.8. The number of nitrogens with one attached hydrogen (secondary N) is 6. The van der Waals surface area contributed by atoms with E-state index in [0.717, 1.165) is 22.3 Å². The molecule has 0 radical (unpaired) electrons. The smallest absolute Gasteiger partial charge is 0.407 e. The van der Waals surface area contributed by atoms with Gasteiger partial charge in [0.1, 0.15) is 48.9 Å². The number of methoxy groups -OCH3 is 1. The number of ether oxygens (including phenoxy) is 4. The minimum Gasteiger partial charge on any atom is -0.467 e. The Morgan fingerprint density at radius 3 is 1.77 bits per heavy atom. The Kier molecular flexibility index (Phi) is 24.6. The monoisotopic (exact) mass is 1210 g/mol. The number of alkyl carbamates (subject to hydrolysis) is 1. The van der Waals surface area contributed by atoms with Crippen molar-refractivity contribution in [2.24, 2.45) is 5.92 Å². The first kappa shape index (κ1) is 69.6. The van der Waals surface area contributed by atoms with E-state index < -0.39 is 122 Å². The first-order valence-electron chi connectivity index (χ1n) is 29.7. The second-order valence-electron chi connectivity index (χ2n) is 25.0. The van der Waals surface area contributed by atoms with Crippen LogP contribution >= 0.6 is 0 Å². The molecule has 0 saturated carbocycles. The van der Waals surface area contributed by atoms with E-state index in [2.05, 4.69) is 45.1 Å². The highest BCUT2D eigenvalue weighted by Gasteiger charge is 2.43. The summed E-state index contributed by atoms with van der Waals surface area (Å²) in [6, 6.07) is 15.8. The minimum atomic E-state index is -2.68. The van der Waals surface area contributed by atoms with Gasteiger partial charge in [0.15, 0.2) is 8.32 Å². The van der Waals surface area contributed by atoms with E-state index in [1.54, 1.807) is 71.9 Å². The van der Waals surface area contributed by atoms with E-state index in [1.807, 2.05) is 89.3 Å². The third-order valence-electron chi connectivity index (χ3n) is 16.6. The lowest BCUT2D eigenvalue weighted by Crippen LogP contribution is -2.64. The highest BCUT2D eigenvalue weighted by molar-refractivity contribution is 6.74. The van der Waals surface area contributed by atoms with Crippen molar-refractivity contribution in [3.05, 3.63) is 121 Å². The van der Waals surface area contributed by atoms with Crippen molar-refractivity contribution >= 4 is 55.8 Å². The van der Waals surface area contributed by atoms with Crippen LogP contribution in [0.2, 0.25) is 18.1 Å². The third kappa shape index (κ3) is 18.7. The van der Waals surface area contributed by atoms with Gasteiger partial charge in [0.25, 0.3) is 0 Å². The standard InChI is InChI=1S/C65H93N7O13Si/c1-17-40(4)53(61(79)81-14)70-56(74)50(38-83-64(10,11)18-2)69-59(77)54(42(6)85-65(12,13)19-3)71-57(75)51(39-84-86(15,16)63(7,8)9)68-55(73)49(36-43-28-21-20-22-29-43)67-58(76)52-34-27-35-72(52)60(78)41(5)66-62(80)82-37-48-46-32-25-23-30-44(46)45-31-24-26-33-47(45)48/h18-26,28-33,40-42,48-54H,2-3,17,27,34-39H2,1,4-16H3,(H,66,80)(H,67,76)(H,68,73)(H,69,77)(H,70,74)(H,71,75)/t40-,41-,42+,49+,50-,51+,52-,53-,54-/m0/s1. The van der Waals surface area contributed by atoms with Crippen LogP contribution in [0.5, 0.6) is 0 Å². The summed E-state index contributed by atoms with van der Waals surface area (Å²) in [5, 5.41) is 16.3. The molecule has 9 atom stereocenters. The van der Waals surface area contributed by atoms with E-state index in [-0.39, 0.29) is 49.5 Å². The molecule has 3 aromatic rings. The second-order valence-corrected chi connectivity index (χ2v) is 29.8. The Balaban J connectivity index is 1.40. The summed E-state index contributed by atoms with van der Waals surface area (Å²) >= 11 is 0. The maximum Gasteiger partial charge on any atom is 0.407 e. The predicted octanol–water partition coefficient (Wildman–Crippen LogP) is 7.16. The zero-order chi connectivity index (χ0) is 63.9. The Bertz CT molecular complexity index is 2850. The average molecular weight is 1210 g/mol. The number of carbonyl (C=O) groups excluding carboxylic acids is 8. The fourth-order valence-electron chi connectivity index (χ4n) is 9.82. The van der Waals surface area contributed by atoms with Gasteiger partial charge in [0.2, 0.25) is 35.4 Å². The van der Waals surface area contributed by atoms with E-state index >= 15 is 4.79 Å². The molecule has 3 aromatic carbocycles. The van der Waals surface area contributed by atoms with Gasteiger partial charge < -0.3 is 60.2 Å². The largest absolute Gasteiger partial charge is 0.467 e. The van der Waals surface area contributed by atoms with Crippen LogP contribution in [0, 0.1) is 5.92 Å². The zero-order valence-electron chi connectivity index (χ0n) is 52.8. The summed E-state index contributed by atoms with van der Waals surface area (Å²) in [5.41, 5.74) is 2.86. The fraction of sp³-hybridized carbons (Fsp3) is 0.538. The highest BCUT2D eigenvalue weighted by atomic mass is 28.4. The molecule has 1 aliphatic heterocycles. The fourth-order valence-corrected chi connectivity index (χ4v) is 10.8. The normalized spacial score (nSPS) is 17.1. The maximum absolute atomic E-state index is 15.1. The van der Waals surface area contributed by atoms with Crippen molar-refractivity contribution < 1.29 is 61.7 Å². The van der Waals surface area contributed by atoms with Crippen molar-refractivity contribution in [2.75, 3.05) is 33.5 Å². The average Bonchev–Trinajstić information content (AvgIpc) is 1.81. The van der Waals surface area contributed by atoms with Gasteiger partial charge in [-0.05, 0) is 106 Å².